The van der Waals surface area contributed by atoms with E-state index in [4.69, 9.17) is 6.42 Å². The van der Waals surface area contributed by atoms with Crippen molar-refractivity contribution in [3.63, 3.8) is 0 Å². The summed E-state index contributed by atoms with van der Waals surface area (Å²) in [6, 6.07) is -0.0585. The maximum Gasteiger partial charge on any atom is 0.247 e. The van der Waals surface area contributed by atoms with Crippen LogP contribution >= 0.6 is 0 Å². The molecule has 1 aliphatic heterocycles. The molecule has 1 aliphatic carbocycles. The molecule has 0 aromatic carbocycles. The number of hydrogen-bond donors (Lipinski definition) is 1. The molecular formula is C13H18N2O2. The molecule has 0 radical (unpaired) electrons. The Kier molecular flexibility index (Phi) is 3.49. The lowest BCUT2D eigenvalue weighted by Gasteiger charge is -2.19. The standard InChI is InChI=1S/C13H18N2O2/c1-3-5-9(4-2)14-11-8-12(16)15(13(11)17)10-6-7-10/h1,9-11,14H,4-8H2,2H3. The van der Waals surface area contributed by atoms with Crippen molar-refractivity contribution in [3.8, 4) is 12.3 Å². The summed E-state index contributed by atoms with van der Waals surface area (Å²) < 4.78 is 0. The molecule has 1 N–H and O–H groups in total. The van der Waals surface area contributed by atoms with Gasteiger partial charge in [-0.05, 0) is 19.3 Å². The van der Waals surface area contributed by atoms with Crippen molar-refractivity contribution in [2.24, 2.45) is 0 Å². The lowest BCUT2D eigenvalue weighted by atomic mass is 10.1. The third-order valence-corrected chi connectivity index (χ3v) is 3.39. The monoisotopic (exact) mass is 234 g/mol. The molecule has 2 aliphatic rings. The molecule has 0 bridgehead atoms. The number of carbonyl (C=O) groups excluding carboxylic acids is 2. The normalized spacial score (nSPS) is 26.1. The van der Waals surface area contributed by atoms with Gasteiger partial charge in [0.2, 0.25) is 11.8 Å². The molecule has 1 saturated carbocycles. The first-order chi connectivity index (χ1) is 8.17. The number of nitrogens with one attached hydrogen (secondary N) is 1. The zero-order valence-electron chi connectivity index (χ0n) is 10.1. The number of hydrogen-bond acceptors (Lipinski definition) is 3. The fourth-order valence-corrected chi connectivity index (χ4v) is 2.25. The SMILES string of the molecule is C#CCC(CC)NC1CC(=O)N(C2CC2)C1=O. The lowest BCUT2D eigenvalue weighted by Crippen LogP contribution is -2.44. The van der Waals surface area contributed by atoms with E-state index >= 15 is 0 Å². The van der Waals surface area contributed by atoms with Gasteiger partial charge in [-0.25, -0.2) is 0 Å². The number of carbonyl (C=O) groups is 2. The first-order valence-corrected chi connectivity index (χ1v) is 6.22. The molecule has 2 rings (SSSR count). The summed E-state index contributed by atoms with van der Waals surface area (Å²) in [7, 11) is 0. The summed E-state index contributed by atoms with van der Waals surface area (Å²) in [4.78, 5) is 25.2. The molecule has 2 amide bonds. The molecule has 4 heteroatoms. The van der Waals surface area contributed by atoms with Gasteiger partial charge in [0.15, 0.2) is 0 Å². The first-order valence-electron chi connectivity index (χ1n) is 6.22. The number of terminal acetylenes is 1. The fourth-order valence-electron chi connectivity index (χ4n) is 2.25. The summed E-state index contributed by atoms with van der Waals surface area (Å²) in [5, 5.41) is 3.20. The highest BCUT2D eigenvalue weighted by atomic mass is 16.2. The summed E-state index contributed by atoms with van der Waals surface area (Å²) in [6.45, 7) is 2.02. The second-order valence-electron chi connectivity index (χ2n) is 4.77. The van der Waals surface area contributed by atoms with E-state index in [0.717, 1.165) is 19.3 Å². The molecule has 4 nitrogen and oxygen atoms in total. The third kappa shape index (κ3) is 2.50. The zero-order chi connectivity index (χ0) is 12.4. The zero-order valence-corrected chi connectivity index (χ0v) is 10.1. The lowest BCUT2D eigenvalue weighted by molar-refractivity contribution is -0.139. The van der Waals surface area contributed by atoms with Crippen LogP contribution in [0.15, 0.2) is 0 Å². The molecule has 92 valence electrons. The van der Waals surface area contributed by atoms with E-state index < -0.39 is 0 Å². The second kappa shape index (κ2) is 4.89. The van der Waals surface area contributed by atoms with Crippen LogP contribution in [0.2, 0.25) is 0 Å². The minimum atomic E-state index is -0.360. The predicted molar refractivity (Wildman–Crippen MR) is 63.9 cm³/mol. The van der Waals surface area contributed by atoms with Crippen LogP contribution in [0.5, 0.6) is 0 Å². The largest absolute Gasteiger partial charge is 0.302 e. The van der Waals surface area contributed by atoms with Crippen molar-refractivity contribution in [1.82, 2.24) is 10.2 Å². The van der Waals surface area contributed by atoms with Crippen LogP contribution < -0.4 is 5.32 Å². The van der Waals surface area contributed by atoms with E-state index in [1.165, 1.54) is 4.90 Å². The molecule has 2 fully saturated rings. The number of imide groups is 1. The number of likely N-dealkylation sites (tertiary alicyclic amines) is 1. The van der Waals surface area contributed by atoms with E-state index in [9.17, 15) is 9.59 Å². The number of rotatable bonds is 5. The summed E-state index contributed by atoms with van der Waals surface area (Å²) >= 11 is 0. The van der Waals surface area contributed by atoms with E-state index in [1.54, 1.807) is 0 Å². The Morgan fingerprint density at radius 3 is 2.76 bits per heavy atom. The van der Waals surface area contributed by atoms with Crippen molar-refractivity contribution in [2.45, 2.75) is 57.2 Å². The first kappa shape index (κ1) is 12.1. The van der Waals surface area contributed by atoms with Crippen LogP contribution in [0.25, 0.3) is 0 Å². The highest BCUT2D eigenvalue weighted by molar-refractivity contribution is 6.06. The molecule has 1 heterocycles. The van der Waals surface area contributed by atoms with Crippen molar-refractivity contribution >= 4 is 11.8 Å². The van der Waals surface area contributed by atoms with E-state index in [2.05, 4.69) is 11.2 Å². The second-order valence-corrected chi connectivity index (χ2v) is 4.77. The van der Waals surface area contributed by atoms with Gasteiger partial charge in [0.1, 0.15) is 0 Å². The van der Waals surface area contributed by atoms with Gasteiger partial charge in [-0.15, -0.1) is 12.3 Å². The van der Waals surface area contributed by atoms with Crippen LogP contribution in [0.3, 0.4) is 0 Å². The maximum atomic E-state index is 12.0. The van der Waals surface area contributed by atoms with Crippen LogP contribution in [-0.2, 0) is 9.59 Å². The van der Waals surface area contributed by atoms with E-state index in [-0.39, 0.29) is 36.4 Å². The van der Waals surface area contributed by atoms with Gasteiger partial charge in [-0.3, -0.25) is 14.5 Å². The van der Waals surface area contributed by atoms with Crippen LogP contribution in [-0.4, -0.2) is 34.8 Å². The Labute approximate surface area is 102 Å². The minimum Gasteiger partial charge on any atom is -0.302 e. The maximum absolute atomic E-state index is 12.0. The summed E-state index contributed by atoms with van der Waals surface area (Å²) in [5.41, 5.74) is 0. The number of nitrogens with zero attached hydrogens (tertiary/aromatic N) is 1. The Bertz CT molecular complexity index is 368. The highest BCUT2D eigenvalue weighted by Crippen LogP contribution is 2.31. The third-order valence-electron chi connectivity index (χ3n) is 3.39. The van der Waals surface area contributed by atoms with Crippen LogP contribution in [0.4, 0.5) is 0 Å². The van der Waals surface area contributed by atoms with Gasteiger partial charge in [0.25, 0.3) is 0 Å². The van der Waals surface area contributed by atoms with Crippen LogP contribution in [0, 0.1) is 12.3 Å². The Hall–Kier alpha value is -1.34. The molecule has 0 aromatic rings. The smallest absolute Gasteiger partial charge is 0.247 e. The molecule has 1 saturated heterocycles. The predicted octanol–water partition coefficient (Wildman–Crippen LogP) is 0.668. The van der Waals surface area contributed by atoms with Crippen LogP contribution in [0.1, 0.15) is 39.0 Å². The minimum absolute atomic E-state index is 0.0365. The van der Waals surface area contributed by atoms with Gasteiger partial charge in [-0.1, -0.05) is 6.92 Å². The Balaban J connectivity index is 1.96. The van der Waals surface area contributed by atoms with Crippen molar-refractivity contribution in [2.75, 3.05) is 0 Å². The molecular weight excluding hydrogens is 216 g/mol. The molecule has 17 heavy (non-hydrogen) atoms. The van der Waals surface area contributed by atoms with Gasteiger partial charge in [-0.2, -0.15) is 0 Å². The van der Waals surface area contributed by atoms with Gasteiger partial charge >= 0.3 is 0 Å². The average Bonchev–Trinajstić information content (AvgIpc) is 3.07. The average molecular weight is 234 g/mol. The quantitative estimate of drug-likeness (QED) is 0.562. The molecule has 2 atom stereocenters. The van der Waals surface area contributed by atoms with Crippen molar-refractivity contribution in [3.05, 3.63) is 0 Å². The molecule has 0 spiro atoms. The summed E-state index contributed by atoms with van der Waals surface area (Å²) in [6.07, 6.45) is 8.95. The number of amides is 2. The van der Waals surface area contributed by atoms with Gasteiger partial charge in [0, 0.05) is 18.5 Å². The van der Waals surface area contributed by atoms with Gasteiger partial charge in [0.05, 0.1) is 12.5 Å². The Morgan fingerprint density at radius 1 is 1.53 bits per heavy atom. The van der Waals surface area contributed by atoms with E-state index in [1.807, 2.05) is 6.92 Å². The highest BCUT2D eigenvalue weighted by Gasteiger charge is 2.46. The molecule has 2 unspecified atom stereocenters. The van der Waals surface area contributed by atoms with E-state index in [0.29, 0.717) is 6.42 Å². The van der Waals surface area contributed by atoms with Crippen molar-refractivity contribution in [1.29, 1.82) is 0 Å². The van der Waals surface area contributed by atoms with Gasteiger partial charge < -0.3 is 5.32 Å². The molecule has 0 aromatic heterocycles. The van der Waals surface area contributed by atoms with Crippen molar-refractivity contribution < 1.29 is 9.59 Å². The fraction of sp³-hybridized carbons (Fsp3) is 0.692. The summed E-state index contributed by atoms with van der Waals surface area (Å²) in [5.74, 6) is 2.49. The Morgan fingerprint density at radius 2 is 2.24 bits per heavy atom. The topological polar surface area (TPSA) is 49.4 Å².